The number of hydrogen-bond acceptors (Lipinski definition) is 4. The van der Waals surface area contributed by atoms with E-state index in [4.69, 9.17) is 5.11 Å². The van der Waals surface area contributed by atoms with Crippen LogP contribution in [0.4, 0.5) is 0 Å². The molecule has 0 aromatic heterocycles. The molecule has 1 unspecified atom stereocenters. The van der Waals surface area contributed by atoms with E-state index in [1.165, 1.54) is 0 Å². The summed E-state index contributed by atoms with van der Waals surface area (Å²) in [5.41, 5.74) is -0.690. The molecule has 2 fully saturated rings. The van der Waals surface area contributed by atoms with Crippen molar-refractivity contribution in [3.63, 3.8) is 0 Å². The number of carboxylic acids is 1. The summed E-state index contributed by atoms with van der Waals surface area (Å²) in [6, 6.07) is 0.228. The van der Waals surface area contributed by atoms with Crippen molar-refractivity contribution < 1.29 is 14.7 Å². The quantitative estimate of drug-likeness (QED) is 0.677. The summed E-state index contributed by atoms with van der Waals surface area (Å²) >= 11 is 1.85. The van der Waals surface area contributed by atoms with Gasteiger partial charge in [0.2, 0.25) is 5.91 Å². The molecule has 0 aromatic carbocycles. The SMILES string of the molecule is O=C(CC1CSCCN1)NCC1(C(=O)O)CCC1. The van der Waals surface area contributed by atoms with Gasteiger partial charge in [-0.05, 0) is 12.8 Å². The zero-order valence-corrected chi connectivity index (χ0v) is 11.2. The Balaban J connectivity index is 1.72. The maximum Gasteiger partial charge on any atom is 0.311 e. The van der Waals surface area contributed by atoms with Crippen LogP contribution < -0.4 is 10.6 Å². The number of carboxylic acid groups (broad SMARTS) is 1. The Morgan fingerprint density at radius 2 is 2.22 bits per heavy atom. The number of thioether (sulfide) groups is 1. The summed E-state index contributed by atoms with van der Waals surface area (Å²) in [7, 11) is 0. The van der Waals surface area contributed by atoms with E-state index < -0.39 is 11.4 Å². The Morgan fingerprint density at radius 3 is 2.72 bits per heavy atom. The first-order chi connectivity index (χ1) is 8.62. The van der Waals surface area contributed by atoms with E-state index in [-0.39, 0.29) is 18.5 Å². The molecule has 102 valence electrons. The zero-order valence-electron chi connectivity index (χ0n) is 10.4. The van der Waals surface area contributed by atoms with Gasteiger partial charge in [0, 0.05) is 37.1 Å². The molecule has 1 aliphatic carbocycles. The van der Waals surface area contributed by atoms with Crippen LogP contribution >= 0.6 is 11.8 Å². The van der Waals surface area contributed by atoms with Crippen LogP contribution in [0.25, 0.3) is 0 Å². The molecule has 1 amide bonds. The highest BCUT2D eigenvalue weighted by Crippen LogP contribution is 2.40. The fourth-order valence-electron chi connectivity index (χ4n) is 2.38. The average Bonchev–Trinajstić information content (AvgIpc) is 2.28. The number of carbonyl (C=O) groups excluding carboxylic acids is 1. The predicted molar refractivity (Wildman–Crippen MR) is 70.7 cm³/mol. The normalized spacial score (nSPS) is 26.1. The molecule has 1 heterocycles. The lowest BCUT2D eigenvalue weighted by Crippen LogP contribution is -2.49. The van der Waals surface area contributed by atoms with Crippen LogP contribution in [-0.2, 0) is 9.59 Å². The van der Waals surface area contributed by atoms with Crippen LogP contribution in [0.3, 0.4) is 0 Å². The van der Waals surface area contributed by atoms with Gasteiger partial charge in [-0.3, -0.25) is 9.59 Å². The highest BCUT2D eigenvalue weighted by atomic mass is 32.2. The topological polar surface area (TPSA) is 78.4 Å². The van der Waals surface area contributed by atoms with Gasteiger partial charge in [0.1, 0.15) is 0 Å². The van der Waals surface area contributed by atoms with Crippen molar-refractivity contribution in [1.29, 1.82) is 0 Å². The summed E-state index contributed by atoms with van der Waals surface area (Å²) < 4.78 is 0. The van der Waals surface area contributed by atoms with Gasteiger partial charge in [-0.15, -0.1) is 0 Å². The predicted octanol–water partition coefficient (Wildman–Crippen LogP) is 0.453. The molecule has 0 radical (unpaired) electrons. The molecule has 18 heavy (non-hydrogen) atoms. The number of rotatable bonds is 5. The third-order valence-electron chi connectivity index (χ3n) is 3.82. The molecule has 0 spiro atoms. The Kier molecular flexibility index (Phi) is 4.50. The van der Waals surface area contributed by atoms with Crippen molar-refractivity contribution in [2.75, 3.05) is 24.6 Å². The van der Waals surface area contributed by atoms with E-state index in [0.717, 1.165) is 24.5 Å². The Bertz CT molecular complexity index is 325. The molecule has 1 saturated carbocycles. The van der Waals surface area contributed by atoms with Gasteiger partial charge >= 0.3 is 5.97 Å². The summed E-state index contributed by atoms with van der Waals surface area (Å²) in [6.07, 6.45) is 2.76. The third kappa shape index (κ3) is 3.17. The van der Waals surface area contributed by atoms with Crippen molar-refractivity contribution in [3.05, 3.63) is 0 Å². The number of carbonyl (C=O) groups is 2. The largest absolute Gasteiger partial charge is 0.481 e. The summed E-state index contributed by atoms with van der Waals surface area (Å²) in [4.78, 5) is 22.9. The molecule has 3 N–H and O–H groups in total. The van der Waals surface area contributed by atoms with Crippen LogP contribution in [0.2, 0.25) is 0 Å². The lowest BCUT2D eigenvalue weighted by atomic mass is 9.69. The maximum absolute atomic E-state index is 11.8. The molecule has 0 aromatic rings. The number of hydrogen-bond donors (Lipinski definition) is 3. The maximum atomic E-state index is 11.8. The number of aliphatic carboxylic acids is 1. The minimum absolute atomic E-state index is 0.0393. The van der Waals surface area contributed by atoms with Crippen LogP contribution in [0.15, 0.2) is 0 Å². The van der Waals surface area contributed by atoms with E-state index in [9.17, 15) is 9.59 Å². The summed E-state index contributed by atoms with van der Waals surface area (Å²) in [5.74, 6) is 1.24. The number of amides is 1. The molecule has 1 atom stereocenters. The van der Waals surface area contributed by atoms with E-state index in [1.807, 2.05) is 11.8 Å². The Morgan fingerprint density at radius 1 is 1.44 bits per heavy atom. The fraction of sp³-hybridized carbons (Fsp3) is 0.833. The fourth-order valence-corrected chi connectivity index (χ4v) is 3.33. The molecule has 1 aliphatic heterocycles. The monoisotopic (exact) mass is 272 g/mol. The first kappa shape index (κ1) is 13.7. The van der Waals surface area contributed by atoms with Crippen LogP contribution in [-0.4, -0.2) is 47.6 Å². The van der Waals surface area contributed by atoms with Gasteiger partial charge in [0.05, 0.1) is 5.41 Å². The van der Waals surface area contributed by atoms with Crippen molar-refractivity contribution in [3.8, 4) is 0 Å². The van der Waals surface area contributed by atoms with E-state index in [2.05, 4.69) is 10.6 Å². The lowest BCUT2D eigenvalue weighted by molar-refractivity contribution is -0.154. The smallest absolute Gasteiger partial charge is 0.311 e. The second kappa shape index (κ2) is 5.93. The highest BCUT2D eigenvalue weighted by molar-refractivity contribution is 7.99. The first-order valence-electron chi connectivity index (χ1n) is 6.44. The van der Waals surface area contributed by atoms with Crippen molar-refractivity contribution >= 4 is 23.6 Å². The molecular weight excluding hydrogens is 252 g/mol. The van der Waals surface area contributed by atoms with Crippen molar-refractivity contribution in [2.45, 2.75) is 31.7 Å². The summed E-state index contributed by atoms with van der Waals surface area (Å²) in [6.45, 7) is 1.22. The number of nitrogens with one attached hydrogen (secondary N) is 2. The molecule has 1 saturated heterocycles. The molecule has 2 rings (SSSR count). The average molecular weight is 272 g/mol. The first-order valence-corrected chi connectivity index (χ1v) is 7.59. The summed E-state index contributed by atoms with van der Waals surface area (Å²) in [5, 5.41) is 15.2. The minimum atomic E-state index is -0.777. The minimum Gasteiger partial charge on any atom is -0.481 e. The Labute approximate surface area is 111 Å². The zero-order chi connectivity index (χ0) is 13.0. The molecule has 2 aliphatic rings. The van der Waals surface area contributed by atoms with E-state index in [0.29, 0.717) is 19.3 Å². The van der Waals surface area contributed by atoms with Crippen LogP contribution in [0, 0.1) is 5.41 Å². The van der Waals surface area contributed by atoms with Gasteiger partial charge in [-0.25, -0.2) is 0 Å². The Hall–Kier alpha value is -0.750. The van der Waals surface area contributed by atoms with Gasteiger partial charge in [-0.2, -0.15) is 11.8 Å². The van der Waals surface area contributed by atoms with Crippen LogP contribution in [0.1, 0.15) is 25.7 Å². The van der Waals surface area contributed by atoms with Crippen molar-refractivity contribution in [1.82, 2.24) is 10.6 Å². The van der Waals surface area contributed by atoms with Gasteiger partial charge in [-0.1, -0.05) is 6.42 Å². The second-order valence-corrected chi connectivity index (χ2v) is 6.30. The molecule has 5 nitrogen and oxygen atoms in total. The molecular formula is C12H20N2O3S. The van der Waals surface area contributed by atoms with Gasteiger partial charge < -0.3 is 15.7 Å². The van der Waals surface area contributed by atoms with Gasteiger partial charge in [0.15, 0.2) is 0 Å². The van der Waals surface area contributed by atoms with E-state index >= 15 is 0 Å². The van der Waals surface area contributed by atoms with Crippen molar-refractivity contribution in [2.24, 2.45) is 5.41 Å². The third-order valence-corrected chi connectivity index (χ3v) is 4.95. The lowest BCUT2D eigenvalue weighted by Gasteiger charge is -2.37. The standard InChI is InChI=1S/C12H20N2O3S/c15-10(6-9-7-18-5-4-13-9)14-8-12(11(16)17)2-1-3-12/h9,13H,1-8H2,(H,14,15)(H,16,17). The molecule has 6 heteroatoms. The highest BCUT2D eigenvalue weighted by Gasteiger charge is 2.44. The van der Waals surface area contributed by atoms with Gasteiger partial charge in [0.25, 0.3) is 0 Å². The van der Waals surface area contributed by atoms with Crippen LogP contribution in [0.5, 0.6) is 0 Å². The van der Waals surface area contributed by atoms with E-state index in [1.54, 1.807) is 0 Å². The molecule has 0 bridgehead atoms. The second-order valence-electron chi connectivity index (χ2n) is 5.15.